The van der Waals surface area contributed by atoms with Crippen LogP contribution in [0.2, 0.25) is 0 Å². The number of aliphatic hydroxyl groups excluding tert-OH is 1. The molecule has 0 fully saturated rings. The summed E-state index contributed by atoms with van der Waals surface area (Å²) < 4.78 is 4.71. The highest BCUT2D eigenvalue weighted by Crippen LogP contribution is 2.07. The maximum Gasteiger partial charge on any atom is 0.328 e. The average Bonchev–Trinajstić information content (AvgIpc) is 2.53. The van der Waals surface area contributed by atoms with Crippen LogP contribution in [0.1, 0.15) is 32.3 Å². The summed E-state index contributed by atoms with van der Waals surface area (Å²) in [5.74, 6) is -0.902. The zero-order valence-corrected chi connectivity index (χ0v) is 13.9. The average molecular weight is 319 g/mol. The molecule has 5 nitrogen and oxygen atoms in total. The summed E-state index contributed by atoms with van der Waals surface area (Å²) in [5.41, 5.74) is 1.00. The van der Waals surface area contributed by atoms with Gasteiger partial charge in [-0.15, -0.1) is 0 Å². The molecule has 0 aliphatic rings. The molecule has 5 heteroatoms. The van der Waals surface area contributed by atoms with E-state index in [1.807, 2.05) is 50.3 Å². The van der Waals surface area contributed by atoms with Gasteiger partial charge in [-0.25, -0.2) is 4.79 Å². The van der Waals surface area contributed by atoms with Crippen LogP contribution in [0, 0.1) is 5.92 Å². The van der Waals surface area contributed by atoms with Crippen molar-refractivity contribution in [2.75, 3.05) is 7.11 Å². The van der Waals surface area contributed by atoms with Gasteiger partial charge in [0.25, 0.3) is 0 Å². The summed E-state index contributed by atoms with van der Waals surface area (Å²) in [7, 11) is 1.27. The first-order valence-corrected chi connectivity index (χ1v) is 7.72. The van der Waals surface area contributed by atoms with Gasteiger partial charge in [0.15, 0.2) is 0 Å². The molecule has 1 aromatic carbocycles. The third-order valence-corrected chi connectivity index (χ3v) is 3.28. The molecule has 0 radical (unpaired) electrons. The Morgan fingerprint density at radius 2 is 1.91 bits per heavy atom. The van der Waals surface area contributed by atoms with Crippen LogP contribution in [0.5, 0.6) is 0 Å². The third-order valence-electron chi connectivity index (χ3n) is 3.28. The number of ether oxygens (including phenoxy) is 1. The topological polar surface area (TPSA) is 75.6 Å². The molecule has 126 valence electrons. The Bertz CT molecular complexity index is 525. The fraction of sp³-hybridized carbons (Fsp3) is 0.444. The van der Waals surface area contributed by atoms with Crippen molar-refractivity contribution >= 4 is 18.0 Å². The van der Waals surface area contributed by atoms with E-state index in [4.69, 9.17) is 4.74 Å². The molecular weight excluding hydrogens is 294 g/mol. The molecule has 1 rings (SSSR count). The van der Waals surface area contributed by atoms with Gasteiger partial charge in [-0.1, -0.05) is 56.3 Å². The quantitative estimate of drug-likeness (QED) is 0.720. The van der Waals surface area contributed by atoms with Gasteiger partial charge in [-0.3, -0.25) is 4.79 Å². The summed E-state index contributed by atoms with van der Waals surface area (Å²) in [6, 6.07) is 8.83. The summed E-state index contributed by atoms with van der Waals surface area (Å²) in [4.78, 5) is 23.7. The van der Waals surface area contributed by atoms with E-state index in [0.717, 1.165) is 5.56 Å². The number of carbonyl (C=O) groups is 2. The van der Waals surface area contributed by atoms with E-state index in [-0.39, 0.29) is 5.92 Å². The highest BCUT2D eigenvalue weighted by Gasteiger charge is 2.24. The second kappa shape index (κ2) is 9.79. The smallest absolute Gasteiger partial charge is 0.328 e. The highest BCUT2D eigenvalue weighted by atomic mass is 16.5. The van der Waals surface area contributed by atoms with Crippen LogP contribution < -0.4 is 5.32 Å². The van der Waals surface area contributed by atoms with Crippen molar-refractivity contribution < 1.29 is 19.4 Å². The van der Waals surface area contributed by atoms with Gasteiger partial charge in [-0.2, -0.15) is 0 Å². The number of carbonyl (C=O) groups excluding carboxylic acids is 2. The number of nitrogens with one attached hydrogen (secondary N) is 1. The normalized spacial score (nSPS) is 13.8. The Hall–Kier alpha value is -2.14. The van der Waals surface area contributed by atoms with Crippen molar-refractivity contribution in [3.8, 4) is 0 Å². The lowest BCUT2D eigenvalue weighted by molar-refractivity contribution is -0.146. The SMILES string of the molecule is COC(=O)[C@@H](C/C=C/c1ccccc1)NC(=O)[C@@H](O)CC(C)C. The van der Waals surface area contributed by atoms with E-state index in [1.165, 1.54) is 7.11 Å². The van der Waals surface area contributed by atoms with Gasteiger partial charge < -0.3 is 15.2 Å². The van der Waals surface area contributed by atoms with Gasteiger partial charge in [0, 0.05) is 0 Å². The number of benzene rings is 1. The molecule has 2 N–H and O–H groups in total. The summed E-state index contributed by atoms with van der Waals surface area (Å²) >= 11 is 0. The molecule has 0 aromatic heterocycles. The van der Waals surface area contributed by atoms with E-state index in [9.17, 15) is 14.7 Å². The van der Waals surface area contributed by atoms with Crippen LogP contribution in [0.4, 0.5) is 0 Å². The van der Waals surface area contributed by atoms with Crippen LogP contribution in [0.15, 0.2) is 36.4 Å². The molecule has 0 saturated heterocycles. The van der Waals surface area contributed by atoms with Crippen molar-refractivity contribution in [2.24, 2.45) is 5.92 Å². The number of methoxy groups -OCH3 is 1. The lowest BCUT2D eigenvalue weighted by Crippen LogP contribution is -2.46. The zero-order valence-electron chi connectivity index (χ0n) is 13.9. The molecule has 0 spiro atoms. The second-order valence-electron chi connectivity index (χ2n) is 5.78. The highest BCUT2D eigenvalue weighted by molar-refractivity contribution is 5.86. The first-order valence-electron chi connectivity index (χ1n) is 7.72. The Kier molecular flexibility index (Phi) is 8.05. The molecule has 0 aliphatic carbocycles. The molecule has 0 aliphatic heterocycles. The van der Waals surface area contributed by atoms with Gasteiger partial charge in [0.2, 0.25) is 5.91 Å². The standard InChI is InChI=1S/C18H25NO4/c1-13(2)12-16(20)17(21)19-15(18(22)23-3)11-7-10-14-8-5-4-6-9-14/h4-10,13,15-16,20H,11-12H2,1-3H3,(H,19,21)/b10-7+/t15-,16+/m1/s1. The number of aliphatic hydroxyl groups is 1. The number of esters is 1. The van der Waals surface area contributed by atoms with E-state index in [0.29, 0.717) is 12.8 Å². The van der Waals surface area contributed by atoms with Crippen LogP contribution in [0.3, 0.4) is 0 Å². The summed E-state index contributed by atoms with van der Waals surface area (Å²) in [6.07, 6.45) is 3.18. The van der Waals surface area contributed by atoms with Crippen LogP contribution in [-0.2, 0) is 14.3 Å². The van der Waals surface area contributed by atoms with E-state index in [1.54, 1.807) is 6.08 Å². The zero-order chi connectivity index (χ0) is 17.2. The Morgan fingerprint density at radius 3 is 2.48 bits per heavy atom. The van der Waals surface area contributed by atoms with Crippen LogP contribution in [-0.4, -0.2) is 36.2 Å². The third kappa shape index (κ3) is 7.10. The Morgan fingerprint density at radius 1 is 1.26 bits per heavy atom. The fourth-order valence-electron chi connectivity index (χ4n) is 2.08. The first-order chi connectivity index (χ1) is 10.9. The van der Waals surface area contributed by atoms with E-state index >= 15 is 0 Å². The molecule has 2 atom stereocenters. The molecular formula is C18H25NO4. The van der Waals surface area contributed by atoms with E-state index in [2.05, 4.69) is 5.32 Å². The van der Waals surface area contributed by atoms with Gasteiger partial charge >= 0.3 is 5.97 Å². The number of rotatable bonds is 8. The van der Waals surface area contributed by atoms with Crippen molar-refractivity contribution in [1.82, 2.24) is 5.32 Å². The van der Waals surface area contributed by atoms with Crippen LogP contribution >= 0.6 is 0 Å². The molecule has 0 saturated carbocycles. The van der Waals surface area contributed by atoms with E-state index < -0.39 is 24.0 Å². The molecule has 0 bridgehead atoms. The lowest BCUT2D eigenvalue weighted by Gasteiger charge is -2.18. The number of amides is 1. The summed E-state index contributed by atoms with van der Waals surface area (Å²) in [6.45, 7) is 3.83. The molecule has 1 amide bonds. The molecule has 23 heavy (non-hydrogen) atoms. The maximum atomic E-state index is 11.9. The predicted molar refractivity (Wildman–Crippen MR) is 89.5 cm³/mol. The first kappa shape index (κ1) is 18.9. The van der Waals surface area contributed by atoms with Gasteiger partial charge in [0.1, 0.15) is 12.1 Å². The minimum atomic E-state index is -1.12. The van der Waals surface area contributed by atoms with Crippen molar-refractivity contribution in [3.63, 3.8) is 0 Å². The maximum absolute atomic E-state index is 11.9. The lowest BCUT2D eigenvalue weighted by atomic mass is 10.0. The van der Waals surface area contributed by atoms with Crippen molar-refractivity contribution in [3.05, 3.63) is 42.0 Å². The van der Waals surface area contributed by atoms with Gasteiger partial charge in [-0.05, 0) is 24.3 Å². The minimum Gasteiger partial charge on any atom is -0.467 e. The van der Waals surface area contributed by atoms with Crippen molar-refractivity contribution in [1.29, 1.82) is 0 Å². The summed E-state index contributed by atoms with van der Waals surface area (Å²) in [5, 5.41) is 12.4. The van der Waals surface area contributed by atoms with Gasteiger partial charge in [0.05, 0.1) is 7.11 Å². The van der Waals surface area contributed by atoms with Crippen LogP contribution in [0.25, 0.3) is 6.08 Å². The molecule has 0 unspecified atom stereocenters. The van der Waals surface area contributed by atoms with Crippen molar-refractivity contribution in [2.45, 2.75) is 38.8 Å². The Labute approximate surface area is 137 Å². The Balaban J connectivity index is 2.64. The predicted octanol–water partition coefficient (Wildman–Crippen LogP) is 2.15. The fourth-order valence-corrected chi connectivity index (χ4v) is 2.08. The monoisotopic (exact) mass is 319 g/mol. The number of hydrogen-bond acceptors (Lipinski definition) is 4. The molecule has 0 heterocycles. The second-order valence-corrected chi connectivity index (χ2v) is 5.78. The number of hydrogen-bond donors (Lipinski definition) is 2. The minimum absolute atomic E-state index is 0.185. The largest absolute Gasteiger partial charge is 0.467 e. The molecule has 1 aromatic rings.